The molecule has 10 heteroatoms. The molecule has 0 fully saturated rings. The Hall–Kier alpha value is -3.27. The van der Waals surface area contributed by atoms with Crippen molar-refractivity contribution in [3.05, 3.63) is 70.4 Å². The van der Waals surface area contributed by atoms with Crippen LogP contribution in [0.25, 0.3) is 5.82 Å². The van der Waals surface area contributed by atoms with E-state index in [-0.39, 0.29) is 4.90 Å². The summed E-state index contributed by atoms with van der Waals surface area (Å²) in [6.07, 6.45) is 6.16. The fourth-order valence-corrected chi connectivity index (χ4v) is 3.42. The molecular formula is C17H17N5O4S. The minimum absolute atomic E-state index is 0.318. The Bertz CT molecular complexity index is 1090. The highest BCUT2D eigenvalue weighted by Gasteiger charge is 2.22. The van der Waals surface area contributed by atoms with E-state index in [1.165, 1.54) is 18.2 Å². The summed E-state index contributed by atoms with van der Waals surface area (Å²) in [5, 5.41) is 14.1. The van der Waals surface area contributed by atoms with E-state index in [0.29, 0.717) is 12.2 Å². The van der Waals surface area contributed by atoms with E-state index in [4.69, 9.17) is 0 Å². The number of benzene rings is 1. The Labute approximate surface area is 155 Å². The van der Waals surface area contributed by atoms with E-state index in [9.17, 15) is 18.5 Å². The first-order chi connectivity index (χ1) is 12.8. The lowest BCUT2D eigenvalue weighted by Gasteiger charge is -2.09. The van der Waals surface area contributed by atoms with Crippen LogP contribution in [0.5, 0.6) is 0 Å². The van der Waals surface area contributed by atoms with Gasteiger partial charge < -0.3 is 5.32 Å². The predicted octanol–water partition coefficient (Wildman–Crippen LogP) is 2.50. The SMILES string of the molecule is Cc1nccn1-c1ccc(CNc2ccc([N+](=O)[O-])c(S(C)(=O)=O)c2)cn1. The number of aromatic nitrogens is 3. The summed E-state index contributed by atoms with van der Waals surface area (Å²) in [6.45, 7) is 2.27. The van der Waals surface area contributed by atoms with Crippen molar-refractivity contribution >= 4 is 21.2 Å². The molecule has 3 rings (SSSR count). The van der Waals surface area contributed by atoms with Gasteiger partial charge >= 0.3 is 0 Å². The van der Waals surface area contributed by atoms with Crippen molar-refractivity contribution in [1.29, 1.82) is 0 Å². The number of nitrogens with one attached hydrogen (secondary N) is 1. The number of anilines is 1. The summed E-state index contributed by atoms with van der Waals surface area (Å²) in [4.78, 5) is 18.5. The minimum atomic E-state index is -3.72. The maximum Gasteiger partial charge on any atom is 0.288 e. The lowest BCUT2D eigenvalue weighted by molar-refractivity contribution is -0.387. The molecule has 0 saturated heterocycles. The van der Waals surface area contributed by atoms with Crippen LogP contribution in [-0.2, 0) is 16.4 Å². The van der Waals surface area contributed by atoms with Gasteiger partial charge in [0, 0.05) is 43.1 Å². The number of hydrogen-bond acceptors (Lipinski definition) is 7. The maximum absolute atomic E-state index is 11.8. The monoisotopic (exact) mass is 387 g/mol. The molecule has 0 bridgehead atoms. The molecule has 0 aliphatic carbocycles. The Morgan fingerprint density at radius 2 is 2.00 bits per heavy atom. The molecule has 2 aromatic heterocycles. The summed E-state index contributed by atoms with van der Waals surface area (Å²) < 4.78 is 25.5. The molecule has 140 valence electrons. The van der Waals surface area contributed by atoms with Crippen molar-refractivity contribution in [3.8, 4) is 5.82 Å². The Morgan fingerprint density at radius 3 is 2.56 bits per heavy atom. The van der Waals surface area contributed by atoms with Crippen LogP contribution in [0.4, 0.5) is 11.4 Å². The van der Waals surface area contributed by atoms with Gasteiger partial charge in [0.25, 0.3) is 5.69 Å². The second kappa shape index (κ2) is 7.16. The minimum Gasteiger partial charge on any atom is -0.381 e. The number of nitrogens with zero attached hydrogens (tertiary/aromatic N) is 4. The van der Waals surface area contributed by atoms with E-state index in [2.05, 4.69) is 15.3 Å². The van der Waals surface area contributed by atoms with Gasteiger partial charge in [-0.25, -0.2) is 18.4 Å². The first kappa shape index (κ1) is 18.5. The third-order valence-electron chi connectivity index (χ3n) is 3.93. The average molecular weight is 387 g/mol. The second-order valence-corrected chi connectivity index (χ2v) is 7.92. The molecule has 2 heterocycles. The van der Waals surface area contributed by atoms with Gasteiger partial charge in [-0.15, -0.1) is 0 Å². The molecule has 0 saturated carbocycles. The number of rotatable bonds is 6. The standard InChI is InChI=1S/C17H17N5O4S/c1-12-18-7-8-21(12)17-6-3-13(11-20-17)10-19-14-4-5-15(22(23)24)16(9-14)27(2,25)26/h3-9,11,19H,10H2,1-2H3. The molecule has 0 radical (unpaired) electrons. The number of aryl methyl sites for hydroxylation is 1. The summed E-state index contributed by atoms with van der Waals surface area (Å²) in [5.74, 6) is 1.57. The smallest absolute Gasteiger partial charge is 0.288 e. The number of nitro groups is 1. The first-order valence-corrected chi connectivity index (χ1v) is 9.82. The Kier molecular flexibility index (Phi) is 4.91. The lowest BCUT2D eigenvalue weighted by atomic mass is 10.2. The van der Waals surface area contributed by atoms with Crippen molar-refractivity contribution in [3.63, 3.8) is 0 Å². The van der Waals surface area contributed by atoms with Crippen LogP contribution in [0.1, 0.15) is 11.4 Å². The normalized spacial score (nSPS) is 11.3. The summed E-state index contributed by atoms with van der Waals surface area (Å²) in [7, 11) is -3.72. The number of pyridine rings is 1. The van der Waals surface area contributed by atoms with E-state index in [1.807, 2.05) is 29.8 Å². The zero-order valence-corrected chi connectivity index (χ0v) is 15.5. The highest BCUT2D eigenvalue weighted by Crippen LogP contribution is 2.27. The summed E-state index contributed by atoms with van der Waals surface area (Å²) in [5.41, 5.74) is 0.899. The van der Waals surface area contributed by atoms with Gasteiger partial charge in [-0.3, -0.25) is 14.7 Å². The van der Waals surface area contributed by atoms with Crippen molar-refractivity contribution < 1.29 is 13.3 Å². The van der Waals surface area contributed by atoms with Gasteiger partial charge in [-0.1, -0.05) is 6.07 Å². The molecule has 0 aliphatic rings. The second-order valence-electron chi connectivity index (χ2n) is 5.93. The van der Waals surface area contributed by atoms with Crippen LogP contribution >= 0.6 is 0 Å². The van der Waals surface area contributed by atoms with Gasteiger partial charge in [-0.2, -0.15) is 0 Å². The van der Waals surface area contributed by atoms with Crippen LogP contribution in [-0.4, -0.2) is 34.1 Å². The zero-order chi connectivity index (χ0) is 19.6. The Balaban J connectivity index is 1.77. The van der Waals surface area contributed by atoms with Gasteiger partial charge in [0.2, 0.25) is 0 Å². The van der Waals surface area contributed by atoms with Crippen LogP contribution in [0.3, 0.4) is 0 Å². The number of nitro benzene ring substituents is 1. The van der Waals surface area contributed by atoms with Gasteiger partial charge in [-0.05, 0) is 30.7 Å². The molecule has 0 aliphatic heterocycles. The molecule has 1 aromatic carbocycles. The summed E-state index contributed by atoms with van der Waals surface area (Å²) >= 11 is 0. The third-order valence-corrected chi connectivity index (χ3v) is 5.06. The topological polar surface area (TPSA) is 120 Å². The molecule has 0 spiro atoms. The summed E-state index contributed by atoms with van der Waals surface area (Å²) in [6, 6.07) is 7.66. The third kappa shape index (κ3) is 4.11. The maximum atomic E-state index is 11.8. The van der Waals surface area contributed by atoms with Gasteiger partial charge in [0.15, 0.2) is 9.84 Å². The van der Waals surface area contributed by atoms with Crippen molar-refractivity contribution in [1.82, 2.24) is 14.5 Å². The fourth-order valence-electron chi connectivity index (χ4n) is 2.56. The lowest BCUT2D eigenvalue weighted by Crippen LogP contribution is -2.06. The predicted molar refractivity (Wildman–Crippen MR) is 99.6 cm³/mol. The fraction of sp³-hybridized carbons (Fsp3) is 0.176. The van der Waals surface area contributed by atoms with Crippen LogP contribution in [0.2, 0.25) is 0 Å². The first-order valence-electron chi connectivity index (χ1n) is 7.93. The van der Waals surface area contributed by atoms with Crippen molar-refractivity contribution in [2.45, 2.75) is 18.4 Å². The highest BCUT2D eigenvalue weighted by molar-refractivity contribution is 7.90. The largest absolute Gasteiger partial charge is 0.381 e. The van der Waals surface area contributed by atoms with E-state index < -0.39 is 20.4 Å². The molecule has 9 nitrogen and oxygen atoms in total. The van der Waals surface area contributed by atoms with E-state index in [1.54, 1.807) is 12.4 Å². The molecular weight excluding hydrogens is 370 g/mol. The van der Waals surface area contributed by atoms with E-state index in [0.717, 1.165) is 23.5 Å². The molecule has 1 N–H and O–H groups in total. The van der Waals surface area contributed by atoms with Crippen LogP contribution in [0.15, 0.2) is 53.8 Å². The molecule has 3 aromatic rings. The molecule has 0 atom stereocenters. The van der Waals surface area contributed by atoms with E-state index >= 15 is 0 Å². The van der Waals surface area contributed by atoms with Crippen LogP contribution in [0, 0.1) is 17.0 Å². The van der Waals surface area contributed by atoms with Gasteiger partial charge in [0.05, 0.1) is 4.92 Å². The molecule has 0 unspecified atom stereocenters. The zero-order valence-electron chi connectivity index (χ0n) is 14.7. The van der Waals surface area contributed by atoms with Crippen molar-refractivity contribution in [2.75, 3.05) is 11.6 Å². The highest BCUT2D eigenvalue weighted by atomic mass is 32.2. The average Bonchev–Trinajstić information content (AvgIpc) is 3.05. The number of hydrogen-bond donors (Lipinski definition) is 1. The van der Waals surface area contributed by atoms with Gasteiger partial charge in [0.1, 0.15) is 16.5 Å². The number of sulfone groups is 1. The Morgan fingerprint density at radius 1 is 1.22 bits per heavy atom. The quantitative estimate of drug-likeness (QED) is 0.509. The van der Waals surface area contributed by atoms with Crippen LogP contribution < -0.4 is 5.32 Å². The van der Waals surface area contributed by atoms with Crippen molar-refractivity contribution in [2.24, 2.45) is 0 Å². The molecule has 27 heavy (non-hydrogen) atoms. The number of imidazole rings is 1. The molecule has 0 amide bonds.